The van der Waals surface area contributed by atoms with Crippen LogP contribution in [0.25, 0.3) is 10.9 Å². The molecule has 2 heterocycles. The number of hydrogen-bond donors (Lipinski definition) is 0. The Kier molecular flexibility index (Phi) is 6.76. The Morgan fingerprint density at radius 3 is 2.78 bits per heavy atom. The quantitative estimate of drug-likeness (QED) is 0.525. The topological polar surface area (TPSA) is 95.2 Å². The third kappa shape index (κ3) is 4.94. The molecule has 0 saturated carbocycles. The Morgan fingerprint density at radius 1 is 1.16 bits per heavy atom. The van der Waals surface area contributed by atoms with Crippen molar-refractivity contribution in [1.82, 2.24) is 14.6 Å². The van der Waals surface area contributed by atoms with Gasteiger partial charge in [0, 0.05) is 13.1 Å². The highest BCUT2D eigenvalue weighted by molar-refractivity contribution is 5.82. The van der Waals surface area contributed by atoms with Gasteiger partial charge in [0.25, 0.3) is 11.5 Å². The second-order valence-electron chi connectivity index (χ2n) is 7.08. The first kappa shape index (κ1) is 21.5. The number of ether oxygens (including phenoxy) is 3. The van der Waals surface area contributed by atoms with Gasteiger partial charge in [-0.2, -0.15) is 9.78 Å². The van der Waals surface area contributed by atoms with Crippen molar-refractivity contribution in [3.05, 3.63) is 64.7 Å². The first-order valence-corrected chi connectivity index (χ1v) is 10.4. The smallest absolute Gasteiger partial charge is 0.281 e. The lowest BCUT2D eigenvalue weighted by Gasteiger charge is -2.26. The van der Waals surface area contributed by atoms with E-state index in [2.05, 4.69) is 10.1 Å². The van der Waals surface area contributed by atoms with Crippen LogP contribution < -0.4 is 15.0 Å². The lowest BCUT2D eigenvalue weighted by atomic mass is 10.2. The van der Waals surface area contributed by atoms with Gasteiger partial charge in [0.1, 0.15) is 6.33 Å². The molecule has 4 rings (SSSR count). The van der Waals surface area contributed by atoms with Crippen LogP contribution in [0, 0.1) is 0 Å². The molecule has 166 valence electrons. The summed E-state index contributed by atoms with van der Waals surface area (Å²) in [6.45, 7) is 4.44. The van der Waals surface area contributed by atoms with Crippen molar-refractivity contribution in [2.75, 3.05) is 39.5 Å². The van der Waals surface area contributed by atoms with Gasteiger partial charge >= 0.3 is 0 Å². The van der Waals surface area contributed by atoms with Gasteiger partial charge in [-0.25, -0.2) is 4.98 Å². The number of rotatable bonds is 7. The number of morpholine rings is 1. The summed E-state index contributed by atoms with van der Waals surface area (Å²) in [5.41, 5.74) is 1.08. The summed E-state index contributed by atoms with van der Waals surface area (Å²) >= 11 is 0. The Morgan fingerprint density at radius 2 is 1.97 bits per heavy atom. The van der Waals surface area contributed by atoms with Gasteiger partial charge in [-0.3, -0.25) is 9.59 Å². The first-order chi connectivity index (χ1) is 15.7. The number of amides is 1. The fourth-order valence-corrected chi connectivity index (χ4v) is 3.31. The summed E-state index contributed by atoms with van der Waals surface area (Å²) in [6.07, 6.45) is 2.93. The Bertz CT molecular complexity index is 1180. The Labute approximate surface area is 184 Å². The molecule has 1 fully saturated rings. The van der Waals surface area contributed by atoms with E-state index in [-0.39, 0.29) is 18.1 Å². The maximum atomic E-state index is 12.6. The van der Waals surface area contributed by atoms with E-state index in [4.69, 9.17) is 14.2 Å². The standard InChI is InChI=1S/C23H24N4O5/c1-2-31-21-13-17(7-8-20(21)32-15-22(28)26-9-11-30-12-10-26)14-25-27-16-24-19-6-4-3-5-18(19)23(27)29/h3-8,13-14,16H,2,9-12,15H2,1H3/b25-14-. The summed E-state index contributed by atoms with van der Waals surface area (Å²) in [7, 11) is 0. The van der Waals surface area contributed by atoms with Crippen molar-refractivity contribution >= 4 is 23.0 Å². The van der Waals surface area contributed by atoms with E-state index in [0.717, 1.165) is 0 Å². The molecule has 0 bridgehead atoms. The minimum absolute atomic E-state index is 0.0777. The minimum Gasteiger partial charge on any atom is -0.490 e. The Balaban J connectivity index is 1.49. The molecule has 1 aliphatic rings. The molecule has 0 aliphatic carbocycles. The number of carbonyl (C=O) groups excluding carboxylic acids is 1. The van der Waals surface area contributed by atoms with Gasteiger partial charge in [0.15, 0.2) is 18.1 Å². The highest BCUT2D eigenvalue weighted by Crippen LogP contribution is 2.28. The van der Waals surface area contributed by atoms with Gasteiger partial charge in [-0.15, -0.1) is 0 Å². The molecular formula is C23H24N4O5. The van der Waals surface area contributed by atoms with Crippen molar-refractivity contribution in [3.8, 4) is 11.5 Å². The van der Waals surface area contributed by atoms with Gasteiger partial charge in [-0.05, 0) is 42.8 Å². The van der Waals surface area contributed by atoms with E-state index < -0.39 is 0 Å². The summed E-state index contributed by atoms with van der Waals surface area (Å²) in [6, 6.07) is 12.4. The molecule has 1 aliphatic heterocycles. The molecule has 3 aromatic rings. The molecular weight excluding hydrogens is 412 g/mol. The number of nitrogens with zero attached hydrogens (tertiary/aromatic N) is 4. The van der Waals surface area contributed by atoms with Crippen LogP contribution >= 0.6 is 0 Å². The number of aromatic nitrogens is 2. The average molecular weight is 436 g/mol. The number of carbonyl (C=O) groups is 1. The Hall–Kier alpha value is -3.72. The van der Waals surface area contributed by atoms with Crippen molar-refractivity contribution in [3.63, 3.8) is 0 Å². The van der Waals surface area contributed by atoms with Crippen LogP contribution in [0.4, 0.5) is 0 Å². The fraction of sp³-hybridized carbons (Fsp3) is 0.304. The summed E-state index contributed by atoms with van der Waals surface area (Å²) in [5.74, 6) is 0.870. The number of fused-ring (bicyclic) bond motifs is 1. The monoisotopic (exact) mass is 436 g/mol. The molecule has 0 radical (unpaired) electrons. The second-order valence-corrected chi connectivity index (χ2v) is 7.08. The molecule has 2 aromatic carbocycles. The fourth-order valence-electron chi connectivity index (χ4n) is 3.31. The van der Waals surface area contributed by atoms with Crippen LogP contribution in [-0.4, -0.2) is 66.2 Å². The van der Waals surface area contributed by atoms with E-state index in [1.54, 1.807) is 47.5 Å². The van der Waals surface area contributed by atoms with E-state index >= 15 is 0 Å². The first-order valence-electron chi connectivity index (χ1n) is 10.4. The molecule has 1 saturated heterocycles. The van der Waals surface area contributed by atoms with Gasteiger partial charge in [0.2, 0.25) is 0 Å². The number of benzene rings is 2. The normalized spacial score (nSPS) is 14.1. The highest BCUT2D eigenvalue weighted by atomic mass is 16.5. The van der Waals surface area contributed by atoms with Crippen molar-refractivity contribution < 1.29 is 19.0 Å². The predicted molar refractivity (Wildman–Crippen MR) is 120 cm³/mol. The number of hydrogen-bond acceptors (Lipinski definition) is 7. The van der Waals surface area contributed by atoms with Crippen molar-refractivity contribution in [1.29, 1.82) is 0 Å². The maximum Gasteiger partial charge on any atom is 0.281 e. The molecule has 32 heavy (non-hydrogen) atoms. The van der Waals surface area contributed by atoms with Crippen molar-refractivity contribution in [2.45, 2.75) is 6.92 Å². The molecule has 0 N–H and O–H groups in total. The highest BCUT2D eigenvalue weighted by Gasteiger charge is 2.18. The van der Waals surface area contributed by atoms with Crippen molar-refractivity contribution in [2.24, 2.45) is 5.10 Å². The minimum atomic E-state index is -0.251. The lowest BCUT2D eigenvalue weighted by Crippen LogP contribution is -2.43. The van der Waals surface area contributed by atoms with Crippen LogP contribution in [-0.2, 0) is 9.53 Å². The van der Waals surface area contributed by atoms with Gasteiger partial charge < -0.3 is 19.1 Å². The molecule has 0 unspecified atom stereocenters. The average Bonchev–Trinajstić information content (AvgIpc) is 2.84. The summed E-state index contributed by atoms with van der Waals surface area (Å²) in [5, 5.41) is 4.74. The van der Waals surface area contributed by atoms with Crippen LogP contribution in [0.2, 0.25) is 0 Å². The summed E-state index contributed by atoms with van der Waals surface area (Å²) in [4.78, 5) is 30.9. The lowest BCUT2D eigenvalue weighted by molar-refractivity contribution is -0.137. The van der Waals surface area contributed by atoms with Gasteiger partial charge in [-0.1, -0.05) is 12.1 Å². The van der Waals surface area contributed by atoms with E-state index in [9.17, 15) is 9.59 Å². The number of para-hydroxylation sites is 1. The zero-order valence-corrected chi connectivity index (χ0v) is 17.8. The molecule has 1 aromatic heterocycles. The van der Waals surface area contributed by atoms with E-state index in [1.807, 2.05) is 13.0 Å². The molecule has 0 spiro atoms. The van der Waals surface area contributed by atoms with Crippen LogP contribution in [0.1, 0.15) is 12.5 Å². The van der Waals surface area contributed by atoms with E-state index in [1.165, 1.54) is 11.0 Å². The second kappa shape index (κ2) is 10.1. The largest absolute Gasteiger partial charge is 0.490 e. The van der Waals surface area contributed by atoms with Crippen LogP contribution in [0.3, 0.4) is 0 Å². The molecule has 9 heteroatoms. The van der Waals surface area contributed by atoms with Gasteiger partial charge in [0.05, 0.1) is 36.9 Å². The van der Waals surface area contributed by atoms with Crippen LogP contribution in [0.15, 0.2) is 58.7 Å². The molecule has 0 atom stereocenters. The zero-order chi connectivity index (χ0) is 22.3. The van der Waals surface area contributed by atoms with Crippen LogP contribution in [0.5, 0.6) is 11.5 Å². The third-order valence-corrected chi connectivity index (χ3v) is 4.96. The molecule has 1 amide bonds. The predicted octanol–water partition coefficient (Wildman–Crippen LogP) is 1.92. The third-order valence-electron chi connectivity index (χ3n) is 4.96. The van der Waals surface area contributed by atoms with E-state index in [0.29, 0.717) is 60.9 Å². The zero-order valence-electron chi connectivity index (χ0n) is 17.8. The maximum absolute atomic E-state index is 12.6. The SMILES string of the molecule is CCOc1cc(/C=N\n2cnc3ccccc3c2=O)ccc1OCC(=O)N1CCOCC1. The molecule has 9 nitrogen and oxygen atoms in total. The summed E-state index contributed by atoms with van der Waals surface area (Å²) < 4.78 is 17.9.